The molecule has 2 aromatic carbocycles. The number of amides is 1. The van der Waals surface area contributed by atoms with Crippen molar-refractivity contribution in [3.05, 3.63) is 70.8 Å². The molecule has 5 heteroatoms. The highest BCUT2D eigenvalue weighted by Crippen LogP contribution is 2.48. The van der Waals surface area contributed by atoms with Crippen LogP contribution in [0.15, 0.2) is 42.5 Å². The van der Waals surface area contributed by atoms with Gasteiger partial charge in [0.2, 0.25) is 5.91 Å². The van der Waals surface area contributed by atoms with Crippen molar-refractivity contribution < 1.29 is 18.7 Å². The van der Waals surface area contributed by atoms with Crippen LogP contribution in [0.5, 0.6) is 0 Å². The fourth-order valence-corrected chi connectivity index (χ4v) is 3.60. The van der Waals surface area contributed by atoms with Crippen LogP contribution in [-0.4, -0.2) is 17.1 Å². The minimum atomic E-state index is -0.890. The van der Waals surface area contributed by atoms with Crippen LogP contribution < -0.4 is 5.32 Å². The van der Waals surface area contributed by atoms with Gasteiger partial charge in [-0.1, -0.05) is 30.3 Å². The molecule has 0 aliphatic heterocycles. The number of hydrogen-bond donors (Lipinski definition) is 2. The third-order valence-corrected chi connectivity index (χ3v) is 5.00. The SMILES string of the molecule is O=C(N[C@@H]1c2ccccc2C[C@@H]1O)[C@@H]1C[C@@H]1c1ccc(F)c(F)c1. The molecule has 0 bridgehead atoms. The van der Waals surface area contributed by atoms with Crippen molar-refractivity contribution in [2.75, 3.05) is 0 Å². The molecule has 2 N–H and O–H groups in total. The number of carbonyl (C=O) groups excluding carboxylic acids is 1. The van der Waals surface area contributed by atoms with E-state index in [9.17, 15) is 18.7 Å². The number of nitrogens with one attached hydrogen (secondary N) is 1. The monoisotopic (exact) mass is 329 g/mol. The van der Waals surface area contributed by atoms with Gasteiger partial charge >= 0.3 is 0 Å². The molecule has 4 rings (SSSR count). The van der Waals surface area contributed by atoms with E-state index in [0.29, 0.717) is 18.4 Å². The fraction of sp³-hybridized carbons (Fsp3) is 0.316. The molecule has 4 atom stereocenters. The Balaban J connectivity index is 1.46. The predicted molar refractivity (Wildman–Crippen MR) is 84.2 cm³/mol. The third kappa shape index (κ3) is 2.59. The maximum absolute atomic E-state index is 13.3. The van der Waals surface area contributed by atoms with Gasteiger partial charge in [0, 0.05) is 12.3 Å². The quantitative estimate of drug-likeness (QED) is 0.910. The van der Waals surface area contributed by atoms with Gasteiger partial charge in [-0.3, -0.25) is 4.79 Å². The Kier molecular flexibility index (Phi) is 3.61. The third-order valence-electron chi connectivity index (χ3n) is 5.00. The lowest BCUT2D eigenvalue weighted by Crippen LogP contribution is -2.35. The number of fused-ring (bicyclic) bond motifs is 1. The van der Waals surface area contributed by atoms with E-state index in [1.165, 1.54) is 6.07 Å². The fourth-order valence-electron chi connectivity index (χ4n) is 3.60. The molecule has 0 heterocycles. The van der Waals surface area contributed by atoms with Crippen LogP contribution in [0.4, 0.5) is 8.78 Å². The lowest BCUT2D eigenvalue weighted by molar-refractivity contribution is -0.123. The molecule has 2 aromatic rings. The molecule has 0 unspecified atom stereocenters. The minimum absolute atomic E-state index is 0.0890. The van der Waals surface area contributed by atoms with Crippen molar-refractivity contribution in [3.8, 4) is 0 Å². The minimum Gasteiger partial charge on any atom is -0.390 e. The summed E-state index contributed by atoms with van der Waals surface area (Å²) in [4.78, 5) is 12.5. The van der Waals surface area contributed by atoms with Crippen molar-refractivity contribution in [3.63, 3.8) is 0 Å². The van der Waals surface area contributed by atoms with E-state index in [4.69, 9.17) is 0 Å². The normalized spacial score (nSPS) is 27.6. The Labute approximate surface area is 138 Å². The Hall–Kier alpha value is -2.27. The molecule has 0 radical (unpaired) electrons. The number of carbonyl (C=O) groups is 1. The van der Waals surface area contributed by atoms with E-state index >= 15 is 0 Å². The van der Waals surface area contributed by atoms with Crippen LogP contribution in [0.25, 0.3) is 0 Å². The predicted octanol–water partition coefficient (Wildman–Crippen LogP) is 2.84. The van der Waals surface area contributed by atoms with E-state index in [1.54, 1.807) is 0 Å². The van der Waals surface area contributed by atoms with E-state index < -0.39 is 23.8 Å². The van der Waals surface area contributed by atoms with Crippen LogP contribution in [0, 0.1) is 17.6 Å². The molecule has 2 aliphatic carbocycles. The zero-order chi connectivity index (χ0) is 16.8. The van der Waals surface area contributed by atoms with Gasteiger partial charge in [-0.15, -0.1) is 0 Å². The van der Waals surface area contributed by atoms with Crippen LogP contribution in [-0.2, 0) is 11.2 Å². The average Bonchev–Trinajstić information content (AvgIpc) is 3.30. The second kappa shape index (κ2) is 5.67. The molecule has 24 heavy (non-hydrogen) atoms. The van der Waals surface area contributed by atoms with Crippen LogP contribution in [0.3, 0.4) is 0 Å². The molecule has 2 aliphatic rings. The number of benzene rings is 2. The summed E-state index contributed by atoms with van der Waals surface area (Å²) in [6, 6.07) is 11.0. The average molecular weight is 329 g/mol. The van der Waals surface area contributed by atoms with E-state index in [-0.39, 0.29) is 17.7 Å². The van der Waals surface area contributed by atoms with Crippen LogP contribution in [0.2, 0.25) is 0 Å². The van der Waals surface area contributed by atoms with Crippen molar-refractivity contribution in [1.82, 2.24) is 5.32 Å². The van der Waals surface area contributed by atoms with Gasteiger partial charge in [0.05, 0.1) is 12.1 Å². The van der Waals surface area contributed by atoms with Crippen molar-refractivity contribution in [2.45, 2.75) is 30.9 Å². The lowest BCUT2D eigenvalue weighted by Gasteiger charge is -2.18. The smallest absolute Gasteiger partial charge is 0.224 e. The van der Waals surface area contributed by atoms with Gasteiger partial charge in [0.15, 0.2) is 11.6 Å². The topological polar surface area (TPSA) is 49.3 Å². The Morgan fingerprint density at radius 1 is 1.12 bits per heavy atom. The molecule has 0 spiro atoms. The maximum atomic E-state index is 13.3. The zero-order valence-electron chi connectivity index (χ0n) is 12.9. The molecule has 0 saturated heterocycles. The number of hydrogen-bond acceptors (Lipinski definition) is 2. The van der Waals surface area contributed by atoms with Gasteiger partial charge in [-0.25, -0.2) is 8.78 Å². The Morgan fingerprint density at radius 3 is 2.71 bits per heavy atom. The molecule has 124 valence electrons. The molecule has 0 aromatic heterocycles. The largest absolute Gasteiger partial charge is 0.390 e. The zero-order valence-corrected chi connectivity index (χ0v) is 12.9. The second-order valence-electron chi connectivity index (χ2n) is 6.58. The van der Waals surface area contributed by atoms with E-state index in [0.717, 1.165) is 23.3 Å². The second-order valence-corrected chi connectivity index (χ2v) is 6.58. The molecule has 1 amide bonds. The first kappa shape index (κ1) is 15.3. The van der Waals surface area contributed by atoms with Gasteiger partial charge in [0.1, 0.15) is 0 Å². The van der Waals surface area contributed by atoms with Crippen molar-refractivity contribution >= 4 is 5.91 Å². The van der Waals surface area contributed by atoms with Gasteiger partial charge in [0.25, 0.3) is 0 Å². The number of halogens is 2. The highest BCUT2D eigenvalue weighted by molar-refractivity contribution is 5.83. The first-order valence-electron chi connectivity index (χ1n) is 8.06. The Morgan fingerprint density at radius 2 is 1.92 bits per heavy atom. The summed E-state index contributed by atoms with van der Waals surface area (Å²) in [6.07, 6.45) is 0.506. The molecular weight excluding hydrogens is 312 g/mol. The highest BCUT2D eigenvalue weighted by atomic mass is 19.2. The number of aliphatic hydroxyl groups is 1. The summed E-state index contributed by atoms with van der Waals surface area (Å²) >= 11 is 0. The summed E-state index contributed by atoms with van der Waals surface area (Å²) < 4.78 is 26.3. The van der Waals surface area contributed by atoms with E-state index in [2.05, 4.69) is 5.32 Å². The van der Waals surface area contributed by atoms with Gasteiger partial charge in [-0.2, -0.15) is 0 Å². The van der Waals surface area contributed by atoms with E-state index in [1.807, 2.05) is 24.3 Å². The first-order valence-corrected chi connectivity index (χ1v) is 8.06. The molecular formula is C19H17F2NO2. The van der Waals surface area contributed by atoms with Crippen molar-refractivity contribution in [1.29, 1.82) is 0 Å². The summed E-state index contributed by atoms with van der Waals surface area (Å²) in [5.74, 6) is -2.26. The standard InChI is InChI=1S/C19H17F2NO2/c20-15-6-5-11(7-16(15)21)13-9-14(13)19(24)22-18-12-4-2-1-3-10(12)8-17(18)23/h1-7,13-14,17-18,23H,8-9H2,(H,22,24)/t13-,14-,17+,18-/m1/s1. The summed E-state index contributed by atoms with van der Waals surface area (Å²) in [5.41, 5.74) is 2.63. The molecule has 3 nitrogen and oxygen atoms in total. The summed E-state index contributed by atoms with van der Waals surface area (Å²) in [5, 5.41) is 13.1. The number of aliphatic hydroxyl groups excluding tert-OH is 1. The highest BCUT2D eigenvalue weighted by Gasteiger charge is 2.45. The molecule has 1 fully saturated rings. The van der Waals surface area contributed by atoms with Crippen LogP contribution in [0.1, 0.15) is 35.1 Å². The van der Waals surface area contributed by atoms with Crippen LogP contribution >= 0.6 is 0 Å². The van der Waals surface area contributed by atoms with Gasteiger partial charge < -0.3 is 10.4 Å². The first-order chi connectivity index (χ1) is 11.5. The number of rotatable bonds is 3. The summed E-state index contributed by atoms with van der Waals surface area (Å²) in [7, 11) is 0. The maximum Gasteiger partial charge on any atom is 0.224 e. The summed E-state index contributed by atoms with van der Waals surface area (Å²) in [6.45, 7) is 0. The molecule has 1 saturated carbocycles. The lowest BCUT2D eigenvalue weighted by atomic mass is 10.1. The van der Waals surface area contributed by atoms with Crippen molar-refractivity contribution in [2.24, 2.45) is 5.92 Å². The Bertz CT molecular complexity index is 808. The van der Waals surface area contributed by atoms with Gasteiger partial charge in [-0.05, 0) is 41.2 Å².